The summed E-state index contributed by atoms with van der Waals surface area (Å²) in [6.07, 6.45) is 18.9. The Morgan fingerprint density at radius 3 is 2.78 bits per heavy atom. The quantitative estimate of drug-likeness (QED) is 0.465. The summed E-state index contributed by atoms with van der Waals surface area (Å²) in [6, 6.07) is 0. The van der Waals surface area contributed by atoms with Crippen LogP contribution in [0.15, 0.2) is 34.9 Å². The van der Waals surface area contributed by atoms with Crippen molar-refractivity contribution in [3.8, 4) is 0 Å². The lowest BCUT2D eigenvalue weighted by molar-refractivity contribution is 0.0752. The van der Waals surface area contributed by atoms with Crippen molar-refractivity contribution in [1.29, 1.82) is 0 Å². The molecule has 0 N–H and O–H groups in total. The third-order valence-corrected chi connectivity index (χ3v) is 8.34. The first-order valence-electron chi connectivity index (χ1n) is 10.1. The van der Waals surface area contributed by atoms with Gasteiger partial charge in [-0.15, -0.1) is 0 Å². The second-order valence-electron chi connectivity index (χ2n) is 9.31. The minimum atomic E-state index is 0.431. The van der Waals surface area contributed by atoms with E-state index in [0.717, 1.165) is 17.8 Å². The Balaban J connectivity index is 1.77. The van der Waals surface area contributed by atoms with Crippen LogP contribution in [-0.2, 0) is 0 Å². The highest BCUT2D eigenvalue weighted by Gasteiger charge is 2.54. The van der Waals surface area contributed by atoms with Crippen molar-refractivity contribution in [3.05, 3.63) is 34.9 Å². The average Bonchev–Trinajstić information content (AvgIpc) is 2.75. The molecule has 0 aromatic carbocycles. The summed E-state index contributed by atoms with van der Waals surface area (Å²) in [5.41, 5.74) is 6.08. The Hall–Kier alpha value is -0.780. The molecular formula is C23H34. The molecule has 0 radical (unpaired) electrons. The van der Waals surface area contributed by atoms with Crippen molar-refractivity contribution in [2.24, 2.45) is 28.6 Å². The predicted octanol–water partition coefficient (Wildman–Crippen LogP) is 6.84. The molecule has 1 fully saturated rings. The van der Waals surface area contributed by atoms with Crippen LogP contribution in [0.1, 0.15) is 79.1 Å². The zero-order chi connectivity index (χ0) is 16.2. The highest BCUT2D eigenvalue weighted by molar-refractivity contribution is 5.41. The van der Waals surface area contributed by atoms with Gasteiger partial charge in [0.2, 0.25) is 0 Å². The molecule has 1 saturated carbocycles. The van der Waals surface area contributed by atoms with Gasteiger partial charge in [0.1, 0.15) is 0 Å². The monoisotopic (exact) mass is 310 g/mol. The van der Waals surface area contributed by atoms with E-state index in [9.17, 15) is 0 Å². The highest BCUT2D eigenvalue weighted by Crippen LogP contribution is 2.64. The van der Waals surface area contributed by atoms with E-state index in [1.807, 2.05) is 0 Å². The standard InChI is InChI=1S/C23H34/c1-5-23-13-10-18-8-6-16(2)14-19(18)15-20(23)11-12-22(4)17(3)7-9-21(22)23/h7,11,15-16,18,21H,5-6,8-10,12-14H2,1-4H3/t16?,18?,21?,22?,23-/m0/s1. The van der Waals surface area contributed by atoms with Crippen molar-refractivity contribution in [3.63, 3.8) is 0 Å². The van der Waals surface area contributed by atoms with Crippen molar-refractivity contribution in [2.45, 2.75) is 79.1 Å². The van der Waals surface area contributed by atoms with Gasteiger partial charge in [0, 0.05) is 0 Å². The SMILES string of the molecule is CC[C@]12CCC3CCC(C)CC3=CC1=CCC1(C)C(C)=CCC12. The molecule has 4 aliphatic rings. The smallest absolute Gasteiger partial charge is 0.00130 e. The molecule has 0 spiro atoms. The first kappa shape index (κ1) is 15.7. The molecule has 0 amide bonds. The van der Waals surface area contributed by atoms with E-state index in [0.29, 0.717) is 10.8 Å². The Morgan fingerprint density at radius 2 is 2.00 bits per heavy atom. The minimum absolute atomic E-state index is 0.431. The van der Waals surface area contributed by atoms with E-state index in [1.54, 1.807) is 16.7 Å². The maximum absolute atomic E-state index is 2.70. The molecular weight excluding hydrogens is 276 g/mol. The van der Waals surface area contributed by atoms with Crippen LogP contribution in [0.5, 0.6) is 0 Å². The summed E-state index contributed by atoms with van der Waals surface area (Å²) in [4.78, 5) is 0. The Morgan fingerprint density at radius 1 is 1.17 bits per heavy atom. The fourth-order valence-corrected chi connectivity index (χ4v) is 6.56. The fourth-order valence-electron chi connectivity index (χ4n) is 6.56. The second-order valence-corrected chi connectivity index (χ2v) is 9.31. The van der Waals surface area contributed by atoms with E-state index < -0.39 is 0 Å². The van der Waals surface area contributed by atoms with Crippen LogP contribution < -0.4 is 0 Å². The first-order valence-corrected chi connectivity index (χ1v) is 10.1. The van der Waals surface area contributed by atoms with Crippen LogP contribution in [0, 0.1) is 28.6 Å². The molecule has 0 nitrogen and oxygen atoms in total. The van der Waals surface area contributed by atoms with Gasteiger partial charge >= 0.3 is 0 Å². The molecule has 5 atom stereocenters. The molecule has 0 aromatic rings. The summed E-state index contributed by atoms with van der Waals surface area (Å²) in [6.45, 7) is 9.85. The molecule has 0 saturated heterocycles. The predicted molar refractivity (Wildman–Crippen MR) is 99.2 cm³/mol. The lowest BCUT2D eigenvalue weighted by Crippen LogP contribution is -2.43. The van der Waals surface area contributed by atoms with E-state index in [1.165, 1.54) is 51.4 Å². The molecule has 4 rings (SSSR count). The van der Waals surface area contributed by atoms with E-state index in [4.69, 9.17) is 0 Å². The van der Waals surface area contributed by atoms with Crippen LogP contribution in [-0.4, -0.2) is 0 Å². The van der Waals surface area contributed by atoms with Crippen molar-refractivity contribution in [2.75, 3.05) is 0 Å². The Bertz CT molecular complexity index is 589. The third kappa shape index (κ3) is 2.16. The number of rotatable bonds is 1. The van der Waals surface area contributed by atoms with Crippen molar-refractivity contribution >= 4 is 0 Å². The molecule has 0 aliphatic heterocycles. The molecule has 126 valence electrons. The normalized spacial score (nSPS) is 45.9. The Kier molecular flexibility index (Phi) is 3.67. The van der Waals surface area contributed by atoms with E-state index >= 15 is 0 Å². The number of hydrogen-bond donors (Lipinski definition) is 0. The van der Waals surface area contributed by atoms with Crippen molar-refractivity contribution < 1.29 is 0 Å². The van der Waals surface area contributed by atoms with Gasteiger partial charge in [-0.3, -0.25) is 0 Å². The average molecular weight is 311 g/mol. The lowest BCUT2D eigenvalue weighted by atomic mass is 9.52. The Labute approximate surface area is 143 Å². The first-order chi connectivity index (χ1) is 11.0. The molecule has 0 aromatic heterocycles. The number of allylic oxidation sites excluding steroid dienone is 6. The molecule has 0 heterocycles. The highest BCUT2D eigenvalue weighted by atomic mass is 14.6. The van der Waals surface area contributed by atoms with Gasteiger partial charge in [-0.1, -0.05) is 50.1 Å². The number of fused-ring (bicyclic) bond motifs is 4. The summed E-state index contributed by atoms with van der Waals surface area (Å²) < 4.78 is 0. The van der Waals surface area contributed by atoms with Gasteiger partial charge in [0.25, 0.3) is 0 Å². The van der Waals surface area contributed by atoms with Crippen LogP contribution in [0.2, 0.25) is 0 Å². The molecule has 4 unspecified atom stereocenters. The maximum atomic E-state index is 2.70. The fraction of sp³-hybridized carbons (Fsp3) is 0.739. The zero-order valence-electron chi connectivity index (χ0n) is 15.6. The van der Waals surface area contributed by atoms with Crippen LogP contribution in [0.3, 0.4) is 0 Å². The minimum Gasteiger partial charge on any atom is -0.0847 e. The largest absolute Gasteiger partial charge is 0.0847 e. The number of hydrogen-bond acceptors (Lipinski definition) is 0. The maximum Gasteiger partial charge on any atom is -0.00130 e. The van der Waals surface area contributed by atoms with Gasteiger partial charge in [0.05, 0.1) is 0 Å². The van der Waals surface area contributed by atoms with Crippen LogP contribution in [0.4, 0.5) is 0 Å². The summed E-state index contributed by atoms with van der Waals surface area (Å²) in [5.74, 6) is 2.63. The van der Waals surface area contributed by atoms with Crippen LogP contribution in [0.25, 0.3) is 0 Å². The topological polar surface area (TPSA) is 0 Å². The molecule has 0 bridgehead atoms. The molecule has 23 heavy (non-hydrogen) atoms. The van der Waals surface area contributed by atoms with Gasteiger partial charge < -0.3 is 0 Å². The summed E-state index contributed by atoms with van der Waals surface area (Å²) in [5, 5.41) is 0. The second kappa shape index (κ2) is 5.36. The summed E-state index contributed by atoms with van der Waals surface area (Å²) >= 11 is 0. The van der Waals surface area contributed by atoms with Gasteiger partial charge in [-0.05, 0) is 92.4 Å². The summed E-state index contributed by atoms with van der Waals surface area (Å²) in [7, 11) is 0. The van der Waals surface area contributed by atoms with Crippen molar-refractivity contribution in [1.82, 2.24) is 0 Å². The van der Waals surface area contributed by atoms with Gasteiger partial charge in [0.15, 0.2) is 0 Å². The lowest BCUT2D eigenvalue weighted by Gasteiger charge is -2.51. The van der Waals surface area contributed by atoms with Gasteiger partial charge in [-0.25, -0.2) is 0 Å². The third-order valence-electron chi connectivity index (χ3n) is 8.34. The molecule has 4 aliphatic carbocycles. The zero-order valence-corrected chi connectivity index (χ0v) is 15.6. The van der Waals surface area contributed by atoms with Crippen LogP contribution >= 0.6 is 0 Å². The van der Waals surface area contributed by atoms with Gasteiger partial charge in [-0.2, -0.15) is 0 Å². The van der Waals surface area contributed by atoms with E-state index in [-0.39, 0.29) is 0 Å². The molecule has 0 heteroatoms. The van der Waals surface area contributed by atoms with E-state index in [2.05, 4.69) is 45.9 Å².